The lowest BCUT2D eigenvalue weighted by Crippen LogP contribution is -2.14. The molecule has 0 bridgehead atoms. The summed E-state index contributed by atoms with van der Waals surface area (Å²) in [6.07, 6.45) is 0. The standard InChI is InChI=1S/C25H17ClFNO3S/c26-18-9-10-22(21(12-18)24(29)17-5-2-1-3-6-17)28-25(30)23-11-16(15-32-23)14-31-20-8-4-7-19(27)13-20/h1-13,15H,14H2,(H,28,30). The maximum absolute atomic E-state index is 13.3. The van der Waals surface area contributed by atoms with Crippen LogP contribution in [0.4, 0.5) is 10.1 Å². The molecular weight excluding hydrogens is 449 g/mol. The highest BCUT2D eigenvalue weighted by Crippen LogP contribution is 2.26. The molecule has 0 aliphatic carbocycles. The number of carbonyl (C=O) groups excluding carboxylic acids is 2. The molecule has 0 unspecified atom stereocenters. The predicted octanol–water partition coefficient (Wildman–Crippen LogP) is 6.60. The van der Waals surface area contributed by atoms with Gasteiger partial charge in [-0.1, -0.05) is 48.0 Å². The van der Waals surface area contributed by atoms with Gasteiger partial charge in [-0.3, -0.25) is 9.59 Å². The van der Waals surface area contributed by atoms with Crippen LogP contribution < -0.4 is 10.1 Å². The summed E-state index contributed by atoms with van der Waals surface area (Å²) in [5.41, 5.74) is 1.96. The second-order valence-corrected chi connectivity index (χ2v) is 8.25. The van der Waals surface area contributed by atoms with Crippen LogP contribution in [0.25, 0.3) is 0 Å². The van der Waals surface area contributed by atoms with E-state index < -0.39 is 0 Å². The normalized spacial score (nSPS) is 10.6. The fraction of sp³-hybridized carbons (Fsp3) is 0.0400. The van der Waals surface area contributed by atoms with Gasteiger partial charge in [0, 0.05) is 27.8 Å². The largest absolute Gasteiger partial charge is 0.489 e. The number of nitrogens with one attached hydrogen (secondary N) is 1. The number of carbonyl (C=O) groups is 2. The molecular formula is C25H17ClFNO3S. The fourth-order valence-electron chi connectivity index (χ4n) is 3.04. The van der Waals surface area contributed by atoms with Crippen molar-refractivity contribution >= 4 is 40.3 Å². The molecule has 0 saturated heterocycles. The number of rotatable bonds is 7. The molecule has 0 fully saturated rings. The van der Waals surface area contributed by atoms with E-state index >= 15 is 0 Å². The number of anilines is 1. The summed E-state index contributed by atoms with van der Waals surface area (Å²) in [6, 6.07) is 21.1. The van der Waals surface area contributed by atoms with Crippen molar-refractivity contribution in [2.24, 2.45) is 0 Å². The van der Waals surface area contributed by atoms with Gasteiger partial charge in [0.2, 0.25) is 0 Å². The van der Waals surface area contributed by atoms with Crippen LogP contribution in [0, 0.1) is 5.82 Å². The predicted molar refractivity (Wildman–Crippen MR) is 124 cm³/mol. The van der Waals surface area contributed by atoms with Crippen molar-refractivity contribution in [1.29, 1.82) is 0 Å². The SMILES string of the molecule is O=C(Nc1ccc(Cl)cc1C(=O)c1ccccc1)c1cc(COc2cccc(F)c2)cs1. The van der Waals surface area contributed by atoms with Crippen LogP contribution >= 0.6 is 22.9 Å². The molecule has 1 N–H and O–H groups in total. The highest BCUT2D eigenvalue weighted by atomic mass is 35.5. The van der Waals surface area contributed by atoms with Gasteiger partial charge in [-0.05, 0) is 41.8 Å². The van der Waals surface area contributed by atoms with E-state index in [0.717, 1.165) is 5.56 Å². The monoisotopic (exact) mass is 465 g/mol. The van der Waals surface area contributed by atoms with Gasteiger partial charge in [0.15, 0.2) is 5.78 Å². The van der Waals surface area contributed by atoms with E-state index in [4.69, 9.17) is 16.3 Å². The van der Waals surface area contributed by atoms with E-state index in [9.17, 15) is 14.0 Å². The van der Waals surface area contributed by atoms with Crippen molar-refractivity contribution in [3.63, 3.8) is 0 Å². The quantitative estimate of drug-likeness (QED) is 0.313. The van der Waals surface area contributed by atoms with Crippen molar-refractivity contribution in [1.82, 2.24) is 0 Å². The van der Waals surface area contributed by atoms with Gasteiger partial charge in [0.05, 0.1) is 10.6 Å². The van der Waals surface area contributed by atoms with Crippen LogP contribution in [-0.4, -0.2) is 11.7 Å². The highest BCUT2D eigenvalue weighted by Gasteiger charge is 2.17. The van der Waals surface area contributed by atoms with Crippen molar-refractivity contribution in [3.8, 4) is 5.75 Å². The first kappa shape index (κ1) is 21.7. The summed E-state index contributed by atoms with van der Waals surface area (Å²) in [6.45, 7) is 0.200. The fourth-order valence-corrected chi connectivity index (χ4v) is 4.00. The summed E-state index contributed by atoms with van der Waals surface area (Å²) < 4.78 is 18.8. The van der Waals surface area contributed by atoms with E-state index in [2.05, 4.69) is 5.32 Å². The third-order valence-electron chi connectivity index (χ3n) is 4.59. The smallest absolute Gasteiger partial charge is 0.265 e. The van der Waals surface area contributed by atoms with E-state index in [1.54, 1.807) is 66.0 Å². The van der Waals surface area contributed by atoms with Gasteiger partial charge in [-0.25, -0.2) is 4.39 Å². The minimum absolute atomic E-state index is 0.200. The molecule has 4 aromatic rings. The Morgan fingerprint density at radius 2 is 1.78 bits per heavy atom. The lowest BCUT2D eigenvalue weighted by Gasteiger charge is -2.10. The summed E-state index contributed by atoms with van der Waals surface area (Å²) >= 11 is 7.35. The Hall–Kier alpha value is -3.48. The number of amides is 1. The zero-order chi connectivity index (χ0) is 22.5. The molecule has 160 valence electrons. The minimum Gasteiger partial charge on any atom is -0.489 e. The molecule has 32 heavy (non-hydrogen) atoms. The molecule has 0 spiro atoms. The topological polar surface area (TPSA) is 55.4 Å². The maximum Gasteiger partial charge on any atom is 0.265 e. The van der Waals surface area contributed by atoms with Crippen LogP contribution in [0.2, 0.25) is 5.02 Å². The summed E-state index contributed by atoms with van der Waals surface area (Å²) in [5.74, 6) is -0.556. The van der Waals surface area contributed by atoms with Crippen molar-refractivity contribution in [3.05, 3.63) is 117 Å². The van der Waals surface area contributed by atoms with Gasteiger partial charge in [0.25, 0.3) is 5.91 Å². The van der Waals surface area contributed by atoms with Gasteiger partial charge in [-0.2, -0.15) is 0 Å². The van der Waals surface area contributed by atoms with Crippen LogP contribution in [-0.2, 0) is 6.61 Å². The van der Waals surface area contributed by atoms with Gasteiger partial charge < -0.3 is 10.1 Å². The number of ketones is 1. The second-order valence-electron chi connectivity index (χ2n) is 6.90. The highest BCUT2D eigenvalue weighted by molar-refractivity contribution is 7.12. The first-order valence-electron chi connectivity index (χ1n) is 9.66. The summed E-state index contributed by atoms with van der Waals surface area (Å²) in [5, 5.41) is 5.00. The number of hydrogen-bond donors (Lipinski definition) is 1. The Kier molecular flexibility index (Phi) is 6.63. The Bertz CT molecular complexity index is 1270. The maximum atomic E-state index is 13.3. The van der Waals surface area contributed by atoms with Crippen LogP contribution in [0.15, 0.2) is 84.2 Å². The number of thiophene rings is 1. The van der Waals surface area contributed by atoms with E-state index in [-0.39, 0.29) is 24.1 Å². The van der Waals surface area contributed by atoms with Crippen LogP contribution in [0.1, 0.15) is 31.2 Å². The lowest BCUT2D eigenvalue weighted by atomic mass is 10.0. The van der Waals surface area contributed by atoms with Gasteiger partial charge >= 0.3 is 0 Å². The second kappa shape index (κ2) is 9.77. The Morgan fingerprint density at radius 1 is 0.969 bits per heavy atom. The molecule has 4 nitrogen and oxygen atoms in total. The van der Waals surface area contributed by atoms with Crippen molar-refractivity contribution in [2.45, 2.75) is 6.61 Å². The third-order valence-corrected chi connectivity index (χ3v) is 5.80. The molecule has 0 aliphatic heterocycles. The van der Waals surface area contributed by atoms with Crippen LogP contribution in [0.3, 0.4) is 0 Å². The Balaban J connectivity index is 1.48. The number of benzene rings is 3. The Morgan fingerprint density at radius 3 is 2.56 bits per heavy atom. The molecule has 1 amide bonds. The molecule has 0 saturated carbocycles. The lowest BCUT2D eigenvalue weighted by molar-refractivity contribution is 0.103. The van der Waals surface area contributed by atoms with Crippen LogP contribution in [0.5, 0.6) is 5.75 Å². The van der Waals surface area contributed by atoms with Gasteiger partial charge in [0.1, 0.15) is 18.2 Å². The van der Waals surface area contributed by atoms with E-state index in [0.29, 0.717) is 32.5 Å². The van der Waals surface area contributed by atoms with E-state index in [1.165, 1.54) is 23.5 Å². The van der Waals surface area contributed by atoms with E-state index in [1.807, 2.05) is 6.07 Å². The average Bonchev–Trinajstić information content (AvgIpc) is 3.28. The first-order valence-corrected chi connectivity index (χ1v) is 10.9. The van der Waals surface area contributed by atoms with Crippen molar-refractivity contribution in [2.75, 3.05) is 5.32 Å². The number of hydrogen-bond acceptors (Lipinski definition) is 4. The molecule has 4 rings (SSSR count). The number of halogens is 2. The summed E-state index contributed by atoms with van der Waals surface area (Å²) in [4.78, 5) is 26.2. The van der Waals surface area contributed by atoms with Crippen molar-refractivity contribution < 1.29 is 18.7 Å². The third kappa shape index (κ3) is 5.22. The zero-order valence-electron chi connectivity index (χ0n) is 16.7. The molecule has 3 aromatic carbocycles. The molecule has 0 atom stereocenters. The van der Waals surface area contributed by atoms with Gasteiger partial charge in [-0.15, -0.1) is 11.3 Å². The molecule has 0 radical (unpaired) electrons. The summed E-state index contributed by atoms with van der Waals surface area (Å²) in [7, 11) is 0. The minimum atomic E-state index is -0.378. The zero-order valence-corrected chi connectivity index (χ0v) is 18.3. The molecule has 0 aliphatic rings. The molecule has 1 aromatic heterocycles. The molecule has 1 heterocycles. The Labute approximate surface area is 193 Å². The first-order chi connectivity index (χ1) is 15.5. The number of ether oxygens (including phenoxy) is 1. The average molecular weight is 466 g/mol. The molecule has 7 heteroatoms.